The topological polar surface area (TPSA) is 76.6 Å². The van der Waals surface area contributed by atoms with E-state index in [-0.39, 0.29) is 11.8 Å². The lowest BCUT2D eigenvalue weighted by Gasteiger charge is -2.34. The van der Waals surface area contributed by atoms with Crippen molar-refractivity contribution in [1.29, 1.82) is 0 Å². The van der Waals surface area contributed by atoms with Gasteiger partial charge in [-0.2, -0.15) is 0 Å². The highest BCUT2D eigenvalue weighted by molar-refractivity contribution is 5.85. The van der Waals surface area contributed by atoms with Gasteiger partial charge in [0.05, 0.1) is 0 Å². The van der Waals surface area contributed by atoms with Gasteiger partial charge in [-0.3, -0.25) is 9.59 Å². The molecule has 2 heterocycles. The average molecular weight is 329 g/mol. The van der Waals surface area contributed by atoms with Crippen LogP contribution in [-0.2, 0) is 16.0 Å². The van der Waals surface area contributed by atoms with E-state index in [1.165, 1.54) is 10.9 Å². The lowest BCUT2D eigenvalue weighted by molar-refractivity contribution is -0.141. The SMILES string of the molecule is Cc1ccc2[nH]cc(CCC(=O)N3CCN(C(=O)CO)CC3)c2c1. The van der Waals surface area contributed by atoms with Gasteiger partial charge in [-0.25, -0.2) is 0 Å². The molecule has 1 saturated heterocycles. The van der Waals surface area contributed by atoms with E-state index in [1.54, 1.807) is 9.80 Å². The Morgan fingerprint density at radius 2 is 1.79 bits per heavy atom. The van der Waals surface area contributed by atoms with E-state index in [4.69, 9.17) is 5.11 Å². The van der Waals surface area contributed by atoms with Gasteiger partial charge in [0.15, 0.2) is 0 Å². The summed E-state index contributed by atoms with van der Waals surface area (Å²) in [6.45, 7) is 3.67. The first-order chi connectivity index (χ1) is 11.6. The summed E-state index contributed by atoms with van der Waals surface area (Å²) in [6, 6.07) is 6.28. The third-order valence-electron chi connectivity index (χ3n) is 4.65. The van der Waals surface area contributed by atoms with E-state index in [0.29, 0.717) is 39.0 Å². The maximum atomic E-state index is 12.4. The standard InChI is InChI=1S/C18H23N3O3/c1-13-2-4-16-15(10-13)14(11-19-16)3-5-17(23)20-6-8-21(9-7-20)18(24)12-22/h2,4,10-11,19,22H,3,5-9,12H2,1H3. The zero-order valence-electron chi connectivity index (χ0n) is 13.9. The number of carbonyl (C=O) groups excluding carboxylic acids is 2. The van der Waals surface area contributed by atoms with Gasteiger partial charge < -0.3 is 19.9 Å². The van der Waals surface area contributed by atoms with E-state index < -0.39 is 6.61 Å². The molecule has 6 heteroatoms. The van der Waals surface area contributed by atoms with Crippen molar-refractivity contribution >= 4 is 22.7 Å². The first-order valence-corrected chi connectivity index (χ1v) is 8.31. The molecule has 2 N–H and O–H groups in total. The van der Waals surface area contributed by atoms with Gasteiger partial charge in [0.1, 0.15) is 6.61 Å². The average Bonchev–Trinajstić information content (AvgIpc) is 3.01. The second-order valence-electron chi connectivity index (χ2n) is 6.28. The van der Waals surface area contributed by atoms with Crippen molar-refractivity contribution in [2.75, 3.05) is 32.8 Å². The number of nitrogens with zero attached hydrogens (tertiary/aromatic N) is 2. The molecule has 0 saturated carbocycles. The summed E-state index contributed by atoms with van der Waals surface area (Å²) >= 11 is 0. The Morgan fingerprint density at radius 1 is 1.12 bits per heavy atom. The molecule has 3 rings (SSSR count). The number of H-pyrrole nitrogens is 1. The Balaban J connectivity index is 1.56. The fraction of sp³-hybridized carbons (Fsp3) is 0.444. The third-order valence-corrected chi connectivity index (χ3v) is 4.65. The molecular formula is C18H23N3O3. The molecule has 6 nitrogen and oxygen atoms in total. The zero-order chi connectivity index (χ0) is 17.1. The highest BCUT2D eigenvalue weighted by Crippen LogP contribution is 2.21. The molecule has 0 atom stereocenters. The quantitative estimate of drug-likeness (QED) is 0.881. The summed E-state index contributed by atoms with van der Waals surface area (Å²) < 4.78 is 0. The van der Waals surface area contributed by atoms with E-state index >= 15 is 0 Å². The van der Waals surface area contributed by atoms with Gasteiger partial charge in [-0.15, -0.1) is 0 Å². The molecule has 0 radical (unpaired) electrons. The van der Waals surface area contributed by atoms with Crippen LogP contribution in [0.5, 0.6) is 0 Å². The number of carbonyl (C=O) groups is 2. The molecule has 1 aliphatic rings. The van der Waals surface area contributed by atoms with Gasteiger partial charge in [0, 0.05) is 49.7 Å². The van der Waals surface area contributed by atoms with E-state index in [0.717, 1.165) is 11.1 Å². The normalized spacial score (nSPS) is 15.1. The molecule has 128 valence electrons. The predicted octanol–water partition coefficient (Wildman–Crippen LogP) is 1.07. The first-order valence-electron chi connectivity index (χ1n) is 8.31. The second-order valence-corrected chi connectivity index (χ2v) is 6.28. The minimum atomic E-state index is -0.464. The van der Waals surface area contributed by atoms with Crippen molar-refractivity contribution in [2.24, 2.45) is 0 Å². The minimum Gasteiger partial charge on any atom is -0.387 e. The van der Waals surface area contributed by atoms with Crippen molar-refractivity contribution in [1.82, 2.24) is 14.8 Å². The number of hydrogen-bond donors (Lipinski definition) is 2. The van der Waals surface area contributed by atoms with Gasteiger partial charge >= 0.3 is 0 Å². The van der Waals surface area contributed by atoms with Crippen LogP contribution >= 0.6 is 0 Å². The molecule has 1 aromatic heterocycles. The summed E-state index contributed by atoms with van der Waals surface area (Å²) in [5, 5.41) is 10.1. The number of benzene rings is 1. The van der Waals surface area contributed by atoms with Crippen LogP contribution in [0.1, 0.15) is 17.5 Å². The summed E-state index contributed by atoms with van der Waals surface area (Å²) in [4.78, 5) is 30.5. The predicted molar refractivity (Wildman–Crippen MR) is 91.6 cm³/mol. The van der Waals surface area contributed by atoms with Crippen LogP contribution in [0.3, 0.4) is 0 Å². The molecule has 2 aromatic rings. The molecule has 0 bridgehead atoms. The molecule has 1 fully saturated rings. The van der Waals surface area contributed by atoms with E-state index in [9.17, 15) is 9.59 Å². The van der Waals surface area contributed by atoms with Crippen molar-refractivity contribution in [3.05, 3.63) is 35.5 Å². The van der Waals surface area contributed by atoms with Crippen LogP contribution in [0, 0.1) is 6.92 Å². The summed E-state index contributed by atoms with van der Waals surface area (Å²) in [5.41, 5.74) is 3.47. The molecule has 1 aromatic carbocycles. The molecule has 0 unspecified atom stereocenters. The van der Waals surface area contributed by atoms with Gasteiger partial charge in [0.2, 0.25) is 11.8 Å². The summed E-state index contributed by atoms with van der Waals surface area (Å²) in [5.74, 6) is -0.149. The van der Waals surface area contributed by atoms with E-state index in [2.05, 4.69) is 30.1 Å². The van der Waals surface area contributed by atoms with Gasteiger partial charge in [-0.05, 0) is 31.0 Å². The Morgan fingerprint density at radius 3 is 2.46 bits per heavy atom. The summed E-state index contributed by atoms with van der Waals surface area (Å²) in [7, 11) is 0. The fourth-order valence-electron chi connectivity index (χ4n) is 3.20. The van der Waals surface area contributed by atoms with Crippen molar-refractivity contribution in [2.45, 2.75) is 19.8 Å². The summed E-state index contributed by atoms with van der Waals surface area (Å²) in [6.07, 6.45) is 3.15. The van der Waals surface area contributed by atoms with Crippen molar-refractivity contribution in [3.8, 4) is 0 Å². The molecular weight excluding hydrogens is 306 g/mol. The van der Waals surface area contributed by atoms with Gasteiger partial charge in [-0.1, -0.05) is 11.6 Å². The Kier molecular flexibility index (Phi) is 4.85. The number of nitrogens with one attached hydrogen (secondary N) is 1. The highest BCUT2D eigenvalue weighted by Gasteiger charge is 2.23. The van der Waals surface area contributed by atoms with Crippen LogP contribution in [-0.4, -0.2) is 64.5 Å². The number of piperazine rings is 1. The minimum absolute atomic E-state index is 0.119. The number of aromatic nitrogens is 1. The monoisotopic (exact) mass is 329 g/mol. The number of rotatable bonds is 4. The molecule has 1 aliphatic heterocycles. The van der Waals surface area contributed by atoms with Crippen LogP contribution in [0.15, 0.2) is 24.4 Å². The highest BCUT2D eigenvalue weighted by atomic mass is 16.3. The number of amides is 2. The molecule has 24 heavy (non-hydrogen) atoms. The largest absolute Gasteiger partial charge is 0.387 e. The van der Waals surface area contributed by atoms with Crippen molar-refractivity contribution < 1.29 is 14.7 Å². The smallest absolute Gasteiger partial charge is 0.248 e. The Bertz CT molecular complexity index is 745. The fourth-order valence-corrected chi connectivity index (χ4v) is 3.20. The molecule has 0 spiro atoms. The van der Waals surface area contributed by atoms with Crippen molar-refractivity contribution in [3.63, 3.8) is 0 Å². The van der Waals surface area contributed by atoms with E-state index in [1.807, 2.05) is 6.20 Å². The zero-order valence-corrected chi connectivity index (χ0v) is 13.9. The number of aliphatic hydroxyl groups is 1. The van der Waals surface area contributed by atoms with Crippen LogP contribution in [0.2, 0.25) is 0 Å². The van der Waals surface area contributed by atoms with Crippen LogP contribution in [0.25, 0.3) is 10.9 Å². The number of hydrogen-bond acceptors (Lipinski definition) is 3. The lowest BCUT2D eigenvalue weighted by Crippen LogP contribution is -2.51. The molecule has 0 aliphatic carbocycles. The Labute approximate surface area is 141 Å². The number of aryl methyl sites for hydroxylation is 2. The number of aromatic amines is 1. The third kappa shape index (κ3) is 3.43. The second kappa shape index (κ2) is 7.05. The lowest BCUT2D eigenvalue weighted by atomic mass is 10.1. The Hall–Kier alpha value is -2.34. The first kappa shape index (κ1) is 16.5. The van der Waals surface area contributed by atoms with Crippen LogP contribution < -0.4 is 0 Å². The van der Waals surface area contributed by atoms with Gasteiger partial charge in [0.25, 0.3) is 0 Å². The number of aliphatic hydroxyl groups excluding tert-OH is 1. The maximum absolute atomic E-state index is 12.4. The van der Waals surface area contributed by atoms with Crippen LogP contribution in [0.4, 0.5) is 0 Å². The number of fused-ring (bicyclic) bond motifs is 1. The molecule has 2 amide bonds. The maximum Gasteiger partial charge on any atom is 0.248 e.